The Morgan fingerprint density at radius 1 is 0.311 bits per heavy atom. The first-order valence-electron chi connectivity index (χ1n) is 26.8. The molecule has 6 heteroatoms. The first-order valence-corrected chi connectivity index (χ1v) is 26.8. The molecule has 0 aromatic rings. The summed E-state index contributed by atoms with van der Waals surface area (Å²) >= 11 is 0. The van der Waals surface area contributed by atoms with Gasteiger partial charge in [-0.1, -0.05) is 231 Å². The number of rotatable bonds is 49. The second-order valence-corrected chi connectivity index (χ2v) is 18.1. The molecule has 0 saturated heterocycles. The first-order chi connectivity index (χ1) is 30.0. The van der Waals surface area contributed by atoms with E-state index in [4.69, 9.17) is 14.2 Å². The van der Waals surface area contributed by atoms with E-state index >= 15 is 0 Å². The van der Waals surface area contributed by atoms with Crippen LogP contribution in [0.4, 0.5) is 0 Å². The Morgan fingerprint density at radius 2 is 0.574 bits per heavy atom. The van der Waals surface area contributed by atoms with Gasteiger partial charge in [-0.3, -0.25) is 14.4 Å². The zero-order chi connectivity index (χ0) is 44.4. The van der Waals surface area contributed by atoms with Crippen LogP contribution < -0.4 is 0 Å². The maximum absolute atomic E-state index is 12.8. The normalized spacial score (nSPS) is 12.1. The molecule has 6 nitrogen and oxygen atoms in total. The average molecular weight is 859 g/mol. The van der Waals surface area contributed by atoms with Crippen LogP contribution in [0, 0.1) is 0 Å². The van der Waals surface area contributed by atoms with Gasteiger partial charge in [0.05, 0.1) is 0 Å². The first kappa shape index (κ1) is 58.9. The van der Waals surface area contributed by atoms with Crippen molar-refractivity contribution < 1.29 is 28.6 Å². The van der Waals surface area contributed by atoms with E-state index in [1.165, 1.54) is 173 Å². The minimum Gasteiger partial charge on any atom is -0.462 e. The lowest BCUT2D eigenvalue weighted by Gasteiger charge is -2.18. The molecule has 0 fully saturated rings. The van der Waals surface area contributed by atoms with Gasteiger partial charge in [0.1, 0.15) is 13.2 Å². The highest BCUT2D eigenvalue weighted by molar-refractivity contribution is 5.71. The molecule has 0 amide bonds. The van der Waals surface area contributed by atoms with Gasteiger partial charge in [-0.25, -0.2) is 0 Å². The quantitative estimate of drug-likeness (QED) is 0.0262. The SMILES string of the molecule is CCC/C=C\CCCCCCCC(=O)OCC(COC(=O)CCCCCCCCCCCCCCCCCCCCC)OC(=O)CCCCCCC/C=C\CCCCCCC. The summed E-state index contributed by atoms with van der Waals surface area (Å²) in [7, 11) is 0. The predicted octanol–water partition coefficient (Wildman–Crippen LogP) is 17.5. The summed E-state index contributed by atoms with van der Waals surface area (Å²) in [6, 6.07) is 0. The molecule has 0 radical (unpaired) electrons. The van der Waals surface area contributed by atoms with Gasteiger partial charge >= 0.3 is 17.9 Å². The van der Waals surface area contributed by atoms with E-state index in [1.807, 2.05) is 0 Å². The van der Waals surface area contributed by atoms with Crippen LogP contribution in [-0.2, 0) is 28.6 Å². The van der Waals surface area contributed by atoms with Gasteiger partial charge in [0.15, 0.2) is 6.10 Å². The standard InChI is InChI=1S/C55H102O6/c1-4-7-10-13-16-19-22-24-26-27-28-29-30-32-33-36-39-42-45-48-54(57)60-51-52(50-59-53(56)47-44-41-38-35-21-18-15-12-9-6-3)61-55(58)49-46-43-40-37-34-31-25-23-20-17-14-11-8-5-2/h12,15,23,25,52H,4-11,13-14,16-22,24,26-51H2,1-3H3/b15-12-,25-23-. The molecule has 0 aromatic heterocycles. The number of hydrogen-bond donors (Lipinski definition) is 0. The third kappa shape index (κ3) is 48.8. The Morgan fingerprint density at radius 3 is 0.885 bits per heavy atom. The zero-order valence-electron chi connectivity index (χ0n) is 40.9. The predicted molar refractivity (Wildman–Crippen MR) is 261 cm³/mol. The molecule has 0 saturated carbocycles. The van der Waals surface area contributed by atoms with E-state index in [0.717, 1.165) is 77.0 Å². The summed E-state index contributed by atoms with van der Waals surface area (Å²) < 4.78 is 16.8. The van der Waals surface area contributed by atoms with Gasteiger partial charge in [-0.2, -0.15) is 0 Å². The molecule has 0 aliphatic heterocycles. The number of allylic oxidation sites excluding steroid dienone is 4. The fourth-order valence-electron chi connectivity index (χ4n) is 7.85. The molecule has 0 rings (SSSR count). The number of esters is 3. The molecule has 1 atom stereocenters. The van der Waals surface area contributed by atoms with Crippen molar-refractivity contribution in [1.29, 1.82) is 0 Å². The Kier molecular flexibility index (Phi) is 48.8. The highest BCUT2D eigenvalue weighted by Crippen LogP contribution is 2.16. The summed E-state index contributed by atoms with van der Waals surface area (Å²) in [5.74, 6) is -0.880. The molecule has 0 aliphatic rings. The van der Waals surface area contributed by atoms with E-state index in [1.54, 1.807) is 0 Å². The van der Waals surface area contributed by atoms with Crippen LogP contribution in [0.1, 0.15) is 290 Å². The summed E-state index contributed by atoms with van der Waals surface area (Å²) in [5, 5.41) is 0. The molecule has 0 spiro atoms. The fraction of sp³-hybridized carbons (Fsp3) is 0.873. The number of ether oxygens (including phenoxy) is 3. The van der Waals surface area contributed by atoms with Gasteiger partial charge in [0.25, 0.3) is 0 Å². The maximum atomic E-state index is 12.8. The summed E-state index contributed by atoms with van der Waals surface area (Å²) in [6.45, 7) is 6.59. The smallest absolute Gasteiger partial charge is 0.306 e. The Labute approximate surface area is 379 Å². The van der Waals surface area contributed by atoms with Gasteiger partial charge in [0, 0.05) is 19.3 Å². The number of carbonyl (C=O) groups excluding carboxylic acids is 3. The molecule has 61 heavy (non-hydrogen) atoms. The third-order valence-corrected chi connectivity index (χ3v) is 11.9. The Hall–Kier alpha value is -2.11. The minimum absolute atomic E-state index is 0.0735. The molecule has 0 bridgehead atoms. The minimum atomic E-state index is -0.773. The second kappa shape index (κ2) is 50.5. The van der Waals surface area contributed by atoms with Crippen molar-refractivity contribution in [2.24, 2.45) is 0 Å². The van der Waals surface area contributed by atoms with E-state index in [-0.39, 0.29) is 31.1 Å². The average Bonchev–Trinajstić information content (AvgIpc) is 3.26. The van der Waals surface area contributed by atoms with Crippen LogP contribution >= 0.6 is 0 Å². The molecule has 0 heterocycles. The lowest BCUT2D eigenvalue weighted by molar-refractivity contribution is -0.167. The van der Waals surface area contributed by atoms with Gasteiger partial charge in [-0.15, -0.1) is 0 Å². The molecular weight excluding hydrogens is 757 g/mol. The zero-order valence-corrected chi connectivity index (χ0v) is 40.9. The molecule has 1 unspecified atom stereocenters. The van der Waals surface area contributed by atoms with Crippen LogP contribution in [0.2, 0.25) is 0 Å². The molecule has 0 N–H and O–H groups in total. The Balaban J connectivity index is 4.27. The van der Waals surface area contributed by atoms with Crippen molar-refractivity contribution in [2.75, 3.05) is 13.2 Å². The highest BCUT2D eigenvalue weighted by Gasteiger charge is 2.19. The monoisotopic (exact) mass is 859 g/mol. The lowest BCUT2D eigenvalue weighted by Crippen LogP contribution is -2.30. The van der Waals surface area contributed by atoms with Crippen LogP contribution in [0.25, 0.3) is 0 Å². The van der Waals surface area contributed by atoms with Gasteiger partial charge in [0.2, 0.25) is 0 Å². The van der Waals surface area contributed by atoms with E-state index in [2.05, 4.69) is 45.1 Å². The Bertz CT molecular complexity index is 989. The fourth-order valence-corrected chi connectivity index (χ4v) is 7.85. The number of carbonyl (C=O) groups is 3. The van der Waals surface area contributed by atoms with Crippen LogP contribution in [0.3, 0.4) is 0 Å². The van der Waals surface area contributed by atoms with E-state index < -0.39 is 6.10 Å². The number of unbranched alkanes of at least 4 members (excludes halogenated alkanes) is 34. The molecule has 0 aromatic carbocycles. The number of hydrogen-bond acceptors (Lipinski definition) is 6. The summed E-state index contributed by atoms with van der Waals surface area (Å²) in [5.41, 5.74) is 0. The molecular formula is C55H102O6. The third-order valence-electron chi connectivity index (χ3n) is 11.9. The maximum Gasteiger partial charge on any atom is 0.306 e. The second-order valence-electron chi connectivity index (χ2n) is 18.1. The van der Waals surface area contributed by atoms with Crippen molar-refractivity contribution in [1.82, 2.24) is 0 Å². The van der Waals surface area contributed by atoms with Crippen LogP contribution in [0.5, 0.6) is 0 Å². The molecule has 358 valence electrons. The summed E-state index contributed by atoms with van der Waals surface area (Å²) in [6.07, 6.45) is 57.4. The summed E-state index contributed by atoms with van der Waals surface area (Å²) in [4.78, 5) is 37.9. The van der Waals surface area contributed by atoms with Crippen molar-refractivity contribution >= 4 is 17.9 Å². The highest BCUT2D eigenvalue weighted by atomic mass is 16.6. The van der Waals surface area contributed by atoms with Crippen molar-refractivity contribution in [3.05, 3.63) is 24.3 Å². The van der Waals surface area contributed by atoms with Crippen molar-refractivity contribution in [3.63, 3.8) is 0 Å². The van der Waals surface area contributed by atoms with Crippen molar-refractivity contribution in [2.45, 2.75) is 297 Å². The molecule has 0 aliphatic carbocycles. The van der Waals surface area contributed by atoms with Crippen molar-refractivity contribution in [3.8, 4) is 0 Å². The lowest BCUT2D eigenvalue weighted by atomic mass is 10.0. The van der Waals surface area contributed by atoms with E-state index in [9.17, 15) is 14.4 Å². The van der Waals surface area contributed by atoms with Gasteiger partial charge < -0.3 is 14.2 Å². The topological polar surface area (TPSA) is 78.9 Å². The van der Waals surface area contributed by atoms with Crippen LogP contribution in [-0.4, -0.2) is 37.2 Å². The van der Waals surface area contributed by atoms with Gasteiger partial charge in [-0.05, 0) is 64.2 Å². The van der Waals surface area contributed by atoms with E-state index in [0.29, 0.717) is 19.3 Å². The van der Waals surface area contributed by atoms with Crippen LogP contribution in [0.15, 0.2) is 24.3 Å². The largest absolute Gasteiger partial charge is 0.462 e.